The van der Waals surface area contributed by atoms with Crippen molar-refractivity contribution in [2.75, 3.05) is 30.8 Å². The zero-order valence-corrected chi connectivity index (χ0v) is 12.3. The van der Waals surface area contributed by atoms with E-state index < -0.39 is 17.5 Å². The fourth-order valence-electron chi connectivity index (χ4n) is 1.80. The van der Waals surface area contributed by atoms with Crippen molar-refractivity contribution in [3.8, 4) is 0 Å². The fourth-order valence-corrected chi connectivity index (χ4v) is 1.80. The zero-order valence-electron chi connectivity index (χ0n) is 12.3. The molecule has 0 amide bonds. The lowest BCUT2D eigenvalue weighted by Gasteiger charge is -2.20. The Hall–Kier alpha value is -1.80. The van der Waals surface area contributed by atoms with Crippen LogP contribution in [-0.4, -0.2) is 35.2 Å². The Balaban J connectivity index is 2.98. The van der Waals surface area contributed by atoms with Crippen LogP contribution in [0.1, 0.15) is 13.8 Å². The molecule has 0 saturated heterocycles. The molecule has 0 fully saturated rings. The molecule has 0 aromatic carbocycles. The molecule has 0 radical (unpaired) electrons. The van der Waals surface area contributed by atoms with Gasteiger partial charge in [-0.15, -0.1) is 0 Å². The number of anilines is 2. The van der Waals surface area contributed by atoms with Gasteiger partial charge in [-0.2, -0.15) is 0 Å². The van der Waals surface area contributed by atoms with Gasteiger partial charge < -0.3 is 20.5 Å². The molecule has 0 bridgehead atoms. The van der Waals surface area contributed by atoms with Gasteiger partial charge in [0.1, 0.15) is 11.5 Å². The topological polar surface area (TPSA) is 101 Å². The zero-order chi connectivity index (χ0) is 15.3. The number of hydrogen-bond donors (Lipinski definition) is 2. The van der Waals surface area contributed by atoms with Crippen molar-refractivity contribution < 1.29 is 9.47 Å². The summed E-state index contributed by atoms with van der Waals surface area (Å²) >= 11 is 0. The highest BCUT2D eigenvalue weighted by Crippen LogP contribution is 2.10. The SMILES string of the molecule is CCOC(CNc1c(N)c(=O)n(C)c(=O)n1C)OCC. The summed E-state index contributed by atoms with van der Waals surface area (Å²) in [5.41, 5.74) is 4.76. The first-order chi connectivity index (χ1) is 9.43. The summed E-state index contributed by atoms with van der Waals surface area (Å²) in [7, 11) is 2.92. The second kappa shape index (κ2) is 7.11. The fraction of sp³-hybridized carbons (Fsp3) is 0.667. The largest absolute Gasteiger partial charge is 0.391 e. The van der Waals surface area contributed by atoms with Gasteiger partial charge >= 0.3 is 5.69 Å². The van der Waals surface area contributed by atoms with E-state index in [0.29, 0.717) is 13.2 Å². The van der Waals surface area contributed by atoms with E-state index in [-0.39, 0.29) is 18.1 Å². The Labute approximate surface area is 117 Å². The molecule has 0 aliphatic rings. The summed E-state index contributed by atoms with van der Waals surface area (Å²) in [4.78, 5) is 23.6. The van der Waals surface area contributed by atoms with Gasteiger partial charge in [0.15, 0.2) is 6.29 Å². The van der Waals surface area contributed by atoms with Crippen molar-refractivity contribution in [1.29, 1.82) is 0 Å². The summed E-state index contributed by atoms with van der Waals surface area (Å²) < 4.78 is 13.0. The van der Waals surface area contributed by atoms with Crippen LogP contribution in [0, 0.1) is 0 Å². The van der Waals surface area contributed by atoms with E-state index in [0.717, 1.165) is 4.57 Å². The van der Waals surface area contributed by atoms with E-state index >= 15 is 0 Å². The molecule has 8 nitrogen and oxygen atoms in total. The number of aromatic nitrogens is 2. The minimum Gasteiger partial charge on any atom is -0.391 e. The van der Waals surface area contributed by atoms with Gasteiger partial charge in [-0.1, -0.05) is 0 Å². The van der Waals surface area contributed by atoms with Gasteiger partial charge in [-0.25, -0.2) is 4.79 Å². The molecule has 1 aromatic rings. The van der Waals surface area contributed by atoms with E-state index in [1.54, 1.807) is 0 Å². The van der Waals surface area contributed by atoms with Crippen LogP contribution in [-0.2, 0) is 23.6 Å². The summed E-state index contributed by atoms with van der Waals surface area (Å²) in [5, 5.41) is 2.93. The number of ether oxygens (including phenoxy) is 2. The minimum absolute atomic E-state index is 0.0126. The number of nitrogens with one attached hydrogen (secondary N) is 1. The van der Waals surface area contributed by atoms with Crippen molar-refractivity contribution in [3.05, 3.63) is 20.8 Å². The van der Waals surface area contributed by atoms with Gasteiger partial charge in [0.25, 0.3) is 5.56 Å². The van der Waals surface area contributed by atoms with Gasteiger partial charge in [-0.3, -0.25) is 13.9 Å². The Morgan fingerprint density at radius 1 is 1.15 bits per heavy atom. The molecule has 0 spiro atoms. The maximum Gasteiger partial charge on any atom is 0.332 e. The third-order valence-corrected chi connectivity index (χ3v) is 2.84. The average Bonchev–Trinajstić information content (AvgIpc) is 2.43. The predicted octanol–water partition coefficient (Wildman–Crippen LogP) is -0.523. The predicted molar refractivity (Wildman–Crippen MR) is 76.9 cm³/mol. The van der Waals surface area contributed by atoms with Crippen LogP contribution in [0.3, 0.4) is 0 Å². The number of nitrogen functional groups attached to an aromatic ring is 1. The van der Waals surface area contributed by atoms with Crippen molar-refractivity contribution in [3.63, 3.8) is 0 Å². The van der Waals surface area contributed by atoms with Gasteiger partial charge in [0.05, 0.1) is 6.54 Å². The third-order valence-electron chi connectivity index (χ3n) is 2.84. The standard InChI is InChI=1S/C12H22N4O4/c1-5-19-8(20-6-2)7-14-10-9(13)11(17)16(4)12(18)15(10)3/h8,14H,5-7,13H2,1-4H3. The molecule has 1 rings (SSSR count). The lowest BCUT2D eigenvalue weighted by molar-refractivity contribution is -0.126. The summed E-state index contributed by atoms with van der Waals surface area (Å²) in [6.07, 6.45) is -0.469. The molecule has 1 heterocycles. The minimum atomic E-state index is -0.528. The first-order valence-corrected chi connectivity index (χ1v) is 6.46. The smallest absolute Gasteiger partial charge is 0.332 e. The molecule has 20 heavy (non-hydrogen) atoms. The summed E-state index contributed by atoms with van der Waals surface area (Å²) in [5.74, 6) is 0.266. The molecular formula is C12H22N4O4. The maximum atomic E-state index is 11.8. The van der Waals surface area contributed by atoms with Crippen LogP contribution in [0.15, 0.2) is 9.59 Å². The van der Waals surface area contributed by atoms with E-state index in [1.807, 2.05) is 13.8 Å². The van der Waals surface area contributed by atoms with Crippen LogP contribution in [0.2, 0.25) is 0 Å². The average molecular weight is 286 g/mol. The highest BCUT2D eigenvalue weighted by atomic mass is 16.7. The molecule has 0 aliphatic heterocycles. The summed E-state index contributed by atoms with van der Waals surface area (Å²) in [6, 6.07) is 0. The Morgan fingerprint density at radius 2 is 1.70 bits per heavy atom. The summed E-state index contributed by atoms with van der Waals surface area (Å²) in [6.45, 7) is 4.99. The normalized spacial score (nSPS) is 11.1. The van der Waals surface area contributed by atoms with E-state index in [1.165, 1.54) is 18.7 Å². The lowest BCUT2D eigenvalue weighted by atomic mass is 10.4. The number of nitrogens with zero attached hydrogens (tertiary/aromatic N) is 2. The molecule has 3 N–H and O–H groups in total. The van der Waals surface area contributed by atoms with Gasteiger partial charge in [-0.05, 0) is 13.8 Å². The van der Waals surface area contributed by atoms with Crippen molar-refractivity contribution in [1.82, 2.24) is 9.13 Å². The number of hydrogen-bond acceptors (Lipinski definition) is 6. The molecule has 8 heteroatoms. The molecular weight excluding hydrogens is 264 g/mol. The second-order valence-electron chi connectivity index (χ2n) is 4.19. The molecule has 0 atom stereocenters. The van der Waals surface area contributed by atoms with Crippen molar-refractivity contribution in [2.24, 2.45) is 14.1 Å². The maximum absolute atomic E-state index is 11.8. The molecule has 0 saturated carbocycles. The van der Waals surface area contributed by atoms with Crippen LogP contribution in [0.25, 0.3) is 0 Å². The molecule has 114 valence electrons. The van der Waals surface area contributed by atoms with Gasteiger partial charge in [0, 0.05) is 27.3 Å². The monoisotopic (exact) mass is 286 g/mol. The van der Waals surface area contributed by atoms with Crippen LogP contribution in [0.4, 0.5) is 11.5 Å². The van der Waals surface area contributed by atoms with E-state index in [2.05, 4.69) is 5.32 Å². The van der Waals surface area contributed by atoms with Gasteiger partial charge in [0.2, 0.25) is 0 Å². The van der Waals surface area contributed by atoms with Crippen LogP contribution in [0.5, 0.6) is 0 Å². The first-order valence-electron chi connectivity index (χ1n) is 6.46. The Bertz CT molecular complexity index is 521. The van der Waals surface area contributed by atoms with Crippen LogP contribution >= 0.6 is 0 Å². The number of rotatable bonds is 7. The molecule has 1 aromatic heterocycles. The number of nitrogens with two attached hydrogens (primary N) is 1. The second-order valence-corrected chi connectivity index (χ2v) is 4.19. The highest BCUT2D eigenvalue weighted by molar-refractivity contribution is 5.60. The molecule has 0 unspecified atom stereocenters. The lowest BCUT2D eigenvalue weighted by Crippen LogP contribution is -2.40. The highest BCUT2D eigenvalue weighted by Gasteiger charge is 2.15. The van der Waals surface area contributed by atoms with E-state index in [4.69, 9.17) is 15.2 Å². The van der Waals surface area contributed by atoms with E-state index in [9.17, 15) is 9.59 Å². The first kappa shape index (κ1) is 16.3. The van der Waals surface area contributed by atoms with Crippen molar-refractivity contribution in [2.45, 2.75) is 20.1 Å². The Kier molecular flexibility index (Phi) is 5.78. The van der Waals surface area contributed by atoms with Crippen LogP contribution < -0.4 is 22.3 Å². The molecule has 0 aliphatic carbocycles. The third kappa shape index (κ3) is 3.40. The Morgan fingerprint density at radius 3 is 2.20 bits per heavy atom. The quantitative estimate of drug-likeness (QED) is 0.654. The van der Waals surface area contributed by atoms with Crippen molar-refractivity contribution >= 4 is 11.5 Å².